The molecule has 0 spiro atoms. The van der Waals surface area contributed by atoms with Crippen molar-refractivity contribution in [2.24, 2.45) is 0 Å². The highest BCUT2D eigenvalue weighted by Gasteiger charge is 2.26. The average molecular weight is 243 g/mol. The van der Waals surface area contributed by atoms with Gasteiger partial charge in [-0.05, 0) is 25.8 Å². The van der Waals surface area contributed by atoms with E-state index in [4.69, 9.17) is 11.6 Å². The first kappa shape index (κ1) is 11.3. The largest absolute Gasteiger partial charge is 0.336 e. The molecule has 1 fully saturated rings. The Morgan fingerprint density at radius 1 is 1.69 bits per heavy atom. The molecule has 0 radical (unpaired) electrons. The summed E-state index contributed by atoms with van der Waals surface area (Å²) in [4.78, 5) is 17.4. The Labute approximate surface area is 98.2 Å². The summed E-state index contributed by atoms with van der Waals surface area (Å²) in [6.45, 7) is 2.72. The monoisotopic (exact) mass is 242 g/mol. The van der Waals surface area contributed by atoms with E-state index in [1.54, 1.807) is 4.90 Å². The smallest absolute Gasteiger partial charge is 0.255 e. The number of carbonyl (C=O) groups excluding carboxylic acids is 1. The van der Waals surface area contributed by atoms with Gasteiger partial charge in [0.1, 0.15) is 0 Å². The number of aromatic nitrogens is 1. The van der Waals surface area contributed by atoms with E-state index in [2.05, 4.69) is 4.98 Å². The Morgan fingerprint density at radius 3 is 3.00 bits per heavy atom. The highest BCUT2D eigenvalue weighted by atomic mass is 35.5. The second-order valence-corrected chi connectivity index (χ2v) is 4.34. The van der Waals surface area contributed by atoms with E-state index >= 15 is 0 Å². The fourth-order valence-electron chi connectivity index (χ4n) is 1.94. The molecule has 0 bridgehead atoms. The second-order valence-electron chi connectivity index (χ2n) is 3.99. The van der Waals surface area contributed by atoms with Crippen LogP contribution in [0.1, 0.15) is 30.1 Å². The van der Waals surface area contributed by atoms with Gasteiger partial charge in [0.05, 0.1) is 5.56 Å². The third-order valence-corrected chi connectivity index (χ3v) is 3.14. The van der Waals surface area contributed by atoms with Crippen molar-refractivity contribution in [3.63, 3.8) is 0 Å². The SMILES string of the molecule is C[C@H]1CCCN1C(=O)c1cnc(Cl)c(F)c1. The van der Waals surface area contributed by atoms with Gasteiger partial charge in [-0.1, -0.05) is 11.6 Å². The molecule has 1 saturated heterocycles. The molecule has 1 amide bonds. The van der Waals surface area contributed by atoms with E-state index in [0.717, 1.165) is 25.5 Å². The van der Waals surface area contributed by atoms with Crippen molar-refractivity contribution in [1.82, 2.24) is 9.88 Å². The zero-order valence-corrected chi connectivity index (χ0v) is 9.67. The van der Waals surface area contributed by atoms with Crippen LogP contribution in [0.25, 0.3) is 0 Å². The van der Waals surface area contributed by atoms with Crippen LogP contribution in [0, 0.1) is 5.82 Å². The molecule has 1 aromatic rings. The first-order valence-electron chi connectivity index (χ1n) is 5.21. The van der Waals surface area contributed by atoms with Crippen LogP contribution >= 0.6 is 11.6 Å². The average Bonchev–Trinajstić information content (AvgIpc) is 2.67. The summed E-state index contributed by atoms with van der Waals surface area (Å²) in [6.07, 6.45) is 3.31. The normalized spacial score (nSPS) is 20.2. The molecule has 0 saturated carbocycles. The van der Waals surface area contributed by atoms with Crippen molar-refractivity contribution in [1.29, 1.82) is 0 Å². The van der Waals surface area contributed by atoms with Crippen molar-refractivity contribution in [3.05, 3.63) is 28.8 Å². The summed E-state index contributed by atoms with van der Waals surface area (Å²) in [7, 11) is 0. The molecule has 0 unspecified atom stereocenters. The minimum absolute atomic E-state index is 0.173. The molecule has 1 aromatic heterocycles. The fraction of sp³-hybridized carbons (Fsp3) is 0.455. The summed E-state index contributed by atoms with van der Waals surface area (Å²) < 4.78 is 13.2. The minimum Gasteiger partial charge on any atom is -0.336 e. The van der Waals surface area contributed by atoms with E-state index in [9.17, 15) is 9.18 Å². The fourth-order valence-corrected chi connectivity index (χ4v) is 2.04. The van der Waals surface area contributed by atoms with Gasteiger partial charge in [-0.25, -0.2) is 9.37 Å². The third kappa shape index (κ3) is 2.02. The Morgan fingerprint density at radius 2 is 2.44 bits per heavy atom. The van der Waals surface area contributed by atoms with Crippen LogP contribution in [0.15, 0.2) is 12.3 Å². The number of likely N-dealkylation sites (tertiary alicyclic amines) is 1. The van der Waals surface area contributed by atoms with E-state index in [1.807, 2.05) is 6.92 Å². The molecule has 3 nitrogen and oxygen atoms in total. The van der Waals surface area contributed by atoms with Crippen molar-refractivity contribution >= 4 is 17.5 Å². The zero-order chi connectivity index (χ0) is 11.7. The standard InChI is InChI=1S/C11H12ClFN2O/c1-7-3-2-4-15(7)11(16)8-5-9(13)10(12)14-6-8/h5-7H,2-4H2,1H3/t7-/m0/s1. The predicted octanol–water partition coefficient (Wildman–Crippen LogP) is 2.50. The molecule has 1 aliphatic heterocycles. The third-order valence-electron chi connectivity index (χ3n) is 2.86. The number of amides is 1. The van der Waals surface area contributed by atoms with Crippen LogP contribution in [0.3, 0.4) is 0 Å². The summed E-state index contributed by atoms with van der Waals surface area (Å²) in [6, 6.07) is 1.36. The number of pyridine rings is 1. The van der Waals surface area contributed by atoms with Gasteiger partial charge in [-0.15, -0.1) is 0 Å². The summed E-state index contributed by atoms with van der Waals surface area (Å²) >= 11 is 5.46. The van der Waals surface area contributed by atoms with E-state index in [-0.39, 0.29) is 22.7 Å². The molecule has 5 heteroatoms. The molecule has 0 aliphatic carbocycles. The van der Waals surface area contributed by atoms with Gasteiger partial charge in [0.15, 0.2) is 11.0 Å². The van der Waals surface area contributed by atoms with E-state index in [0.29, 0.717) is 0 Å². The van der Waals surface area contributed by atoms with Gasteiger partial charge >= 0.3 is 0 Å². The Kier molecular flexibility index (Phi) is 3.10. The molecule has 2 rings (SSSR count). The van der Waals surface area contributed by atoms with Crippen LogP contribution in [-0.4, -0.2) is 28.4 Å². The molecule has 86 valence electrons. The quantitative estimate of drug-likeness (QED) is 0.709. The van der Waals surface area contributed by atoms with E-state index < -0.39 is 5.82 Å². The molecule has 0 aromatic carbocycles. The van der Waals surface area contributed by atoms with Gasteiger partial charge in [0, 0.05) is 18.8 Å². The van der Waals surface area contributed by atoms with Gasteiger partial charge in [-0.3, -0.25) is 4.79 Å². The highest BCUT2D eigenvalue weighted by molar-refractivity contribution is 6.29. The second kappa shape index (κ2) is 4.37. The van der Waals surface area contributed by atoms with Crippen molar-refractivity contribution in [2.75, 3.05) is 6.54 Å². The number of rotatable bonds is 1. The maximum absolute atomic E-state index is 13.2. The molecular formula is C11H12ClFN2O. The number of halogens is 2. The Bertz CT molecular complexity index is 424. The lowest BCUT2D eigenvalue weighted by atomic mass is 10.2. The summed E-state index contributed by atoms with van der Waals surface area (Å²) in [5.74, 6) is -0.826. The zero-order valence-electron chi connectivity index (χ0n) is 8.91. The lowest BCUT2D eigenvalue weighted by Gasteiger charge is -2.21. The number of hydrogen-bond donors (Lipinski definition) is 0. The summed E-state index contributed by atoms with van der Waals surface area (Å²) in [5.41, 5.74) is 0.260. The van der Waals surface area contributed by atoms with Gasteiger partial charge in [-0.2, -0.15) is 0 Å². The molecule has 0 N–H and O–H groups in total. The maximum atomic E-state index is 13.2. The van der Waals surface area contributed by atoms with Gasteiger partial charge in [0.25, 0.3) is 5.91 Å². The van der Waals surface area contributed by atoms with E-state index in [1.165, 1.54) is 6.20 Å². The topological polar surface area (TPSA) is 33.2 Å². The van der Waals surface area contributed by atoms with Crippen LogP contribution < -0.4 is 0 Å². The Balaban J connectivity index is 2.23. The van der Waals surface area contributed by atoms with Crippen molar-refractivity contribution < 1.29 is 9.18 Å². The van der Waals surface area contributed by atoms with Crippen molar-refractivity contribution in [3.8, 4) is 0 Å². The number of nitrogens with zero attached hydrogens (tertiary/aromatic N) is 2. The molecule has 1 atom stereocenters. The van der Waals surface area contributed by atoms with Gasteiger partial charge in [0.2, 0.25) is 0 Å². The van der Waals surface area contributed by atoms with Crippen LogP contribution in [0.4, 0.5) is 4.39 Å². The van der Waals surface area contributed by atoms with Crippen LogP contribution in [0.5, 0.6) is 0 Å². The predicted molar refractivity (Wildman–Crippen MR) is 58.9 cm³/mol. The number of hydrogen-bond acceptors (Lipinski definition) is 2. The molecule has 16 heavy (non-hydrogen) atoms. The minimum atomic E-state index is -0.653. The number of carbonyl (C=O) groups is 1. The lowest BCUT2D eigenvalue weighted by Crippen LogP contribution is -2.33. The van der Waals surface area contributed by atoms with Gasteiger partial charge < -0.3 is 4.90 Å². The van der Waals surface area contributed by atoms with Crippen molar-refractivity contribution in [2.45, 2.75) is 25.8 Å². The first-order valence-corrected chi connectivity index (χ1v) is 5.59. The Hall–Kier alpha value is -1.16. The molecular weight excluding hydrogens is 231 g/mol. The molecule has 1 aliphatic rings. The van der Waals surface area contributed by atoms with Crippen LogP contribution in [0.2, 0.25) is 5.15 Å². The summed E-state index contributed by atoms with van der Waals surface area (Å²) in [5, 5.41) is -0.203. The van der Waals surface area contributed by atoms with Crippen LogP contribution in [-0.2, 0) is 0 Å². The maximum Gasteiger partial charge on any atom is 0.255 e. The highest BCUT2D eigenvalue weighted by Crippen LogP contribution is 2.20. The lowest BCUT2D eigenvalue weighted by molar-refractivity contribution is 0.0746. The first-order chi connectivity index (χ1) is 7.59. The molecule has 2 heterocycles.